The molecule has 132 valence electrons. The van der Waals surface area contributed by atoms with E-state index in [-0.39, 0.29) is 5.56 Å². The number of piperidine rings is 1. The molecule has 1 saturated heterocycles. The molecule has 0 aliphatic carbocycles. The van der Waals surface area contributed by atoms with Gasteiger partial charge >= 0.3 is 0 Å². The van der Waals surface area contributed by atoms with Crippen molar-refractivity contribution in [2.75, 3.05) is 6.54 Å². The number of aromatic nitrogens is 2. The molecule has 0 unspecified atom stereocenters. The van der Waals surface area contributed by atoms with Crippen molar-refractivity contribution in [3.63, 3.8) is 0 Å². The van der Waals surface area contributed by atoms with Gasteiger partial charge in [-0.15, -0.1) is 11.3 Å². The van der Waals surface area contributed by atoms with E-state index in [9.17, 15) is 4.79 Å². The zero-order valence-corrected chi connectivity index (χ0v) is 15.9. The van der Waals surface area contributed by atoms with Gasteiger partial charge in [0, 0.05) is 6.54 Å². The highest BCUT2D eigenvalue weighted by atomic mass is 32.1. The lowest BCUT2D eigenvalue weighted by atomic mass is 10.0. The van der Waals surface area contributed by atoms with Crippen molar-refractivity contribution in [1.82, 2.24) is 13.8 Å². The van der Waals surface area contributed by atoms with Gasteiger partial charge < -0.3 is 0 Å². The molecule has 1 aliphatic heterocycles. The Morgan fingerprint density at radius 2 is 1.85 bits per heavy atom. The minimum Gasteiger partial charge on any atom is -0.275 e. The number of benzene rings is 2. The van der Waals surface area contributed by atoms with Crippen LogP contribution in [-0.4, -0.2) is 20.4 Å². The van der Waals surface area contributed by atoms with Crippen molar-refractivity contribution in [2.24, 2.45) is 0 Å². The van der Waals surface area contributed by atoms with Crippen LogP contribution in [0.2, 0.25) is 0 Å². The van der Waals surface area contributed by atoms with Gasteiger partial charge in [0.2, 0.25) is 0 Å². The van der Waals surface area contributed by atoms with E-state index in [1.54, 1.807) is 22.9 Å². The third-order valence-electron chi connectivity index (χ3n) is 5.07. The number of thiazole rings is 1. The van der Waals surface area contributed by atoms with Gasteiger partial charge in [0.05, 0.1) is 33.0 Å². The van der Waals surface area contributed by atoms with Crippen LogP contribution < -0.4 is 5.56 Å². The summed E-state index contributed by atoms with van der Waals surface area (Å²) in [6.45, 7) is 1.67. The number of fused-ring (bicyclic) bond motifs is 2. The summed E-state index contributed by atoms with van der Waals surface area (Å²) in [7, 11) is 0. The molecule has 0 bridgehead atoms. The summed E-state index contributed by atoms with van der Waals surface area (Å²) in [5.41, 5.74) is 1.20. The Balaban J connectivity index is 1.49. The number of likely N-dealkylation sites (tertiary alicyclic amines) is 1. The molecule has 0 saturated carbocycles. The van der Waals surface area contributed by atoms with Gasteiger partial charge in [-0.2, -0.15) is 0 Å². The molecule has 4 nitrogen and oxygen atoms in total. The SMILES string of the molecule is O=c1c2ccccc2sn1CN1CCCC[C@@H]1c1nc2ccccc2s1. The van der Waals surface area contributed by atoms with Gasteiger partial charge in [0.1, 0.15) is 5.01 Å². The molecule has 0 radical (unpaired) electrons. The summed E-state index contributed by atoms with van der Waals surface area (Å²) >= 11 is 3.36. The molecule has 1 atom stereocenters. The highest BCUT2D eigenvalue weighted by Gasteiger charge is 2.27. The van der Waals surface area contributed by atoms with E-state index < -0.39 is 0 Å². The normalized spacial score (nSPS) is 18.7. The second-order valence-electron chi connectivity index (χ2n) is 6.76. The van der Waals surface area contributed by atoms with Gasteiger partial charge in [-0.3, -0.25) is 9.69 Å². The number of para-hydroxylation sites is 1. The number of nitrogens with zero attached hydrogens (tertiary/aromatic N) is 3. The van der Waals surface area contributed by atoms with Gasteiger partial charge in [0.25, 0.3) is 5.56 Å². The highest BCUT2D eigenvalue weighted by molar-refractivity contribution is 7.18. The molecule has 1 aliphatic rings. The van der Waals surface area contributed by atoms with Crippen LogP contribution in [0.25, 0.3) is 20.3 Å². The van der Waals surface area contributed by atoms with Crippen LogP contribution in [0.15, 0.2) is 53.3 Å². The Labute approximate surface area is 159 Å². The van der Waals surface area contributed by atoms with Gasteiger partial charge in [-0.25, -0.2) is 8.94 Å². The van der Waals surface area contributed by atoms with E-state index in [0.29, 0.717) is 12.7 Å². The molecule has 2 aromatic carbocycles. The molecule has 0 spiro atoms. The molecule has 4 aromatic rings. The molecule has 3 heterocycles. The number of rotatable bonds is 3. The van der Waals surface area contributed by atoms with E-state index >= 15 is 0 Å². The second kappa shape index (κ2) is 6.61. The minimum absolute atomic E-state index is 0.124. The first kappa shape index (κ1) is 16.2. The molecule has 0 N–H and O–H groups in total. The smallest absolute Gasteiger partial charge is 0.269 e. The summed E-state index contributed by atoms with van der Waals surface area (Å²) in [6, 6.07) is 16.5. The average Bonchev–Trinajstić information content (AvgIpc) is 3.24. The van der Waals surface area contributed by atoms with E-state index in [2.05, 4.69) is 23.1 Å². The third kappa shape index (κ3) is 2.78. The molecule has 1 fully saturated rings. The fourth-order valence-electron chi connectivity index (χ4n) is 3.75. The molecule has 26 heavy (non-hydrogen) atoms. The predicted molar refractivity (Wildman–Crippen MR) is 109 cm³/mol. The molecule has 5 rings (SSSR count). The van der Waals surface area contributed by atoms with E-state index in [1.807, 2.05) is 34.3 Å². The first-order valence-electron chi connectivity index (χ1n) is 8.98. The monoisotopic (exact) mass is 381 g/mol. The van der Waals surface area contributed by atoms with Crippen molar-refractivity contribution < 1.29 is 0 Å². The average molecular weight is 382 g/mol. The summed E-state index contributed by atoms with van der Waals surface area (Å²) in [4.78, 5) is 20.0. The van der Waals surface area contributed by atoms with Crippen LogP contribution in [0, 0.1) is 0 Å². The lowest BCUT2D eigenvalue weighted by Gasteiger charge is -2.34. The van der Waals surface area contributed by atoms with Crippen molar-refractivity contribution in [1.29, 1.82) is 0 Å². The Morgan fingerprint density at radius 3 is 2.69 bits per heavy atom. The number of hydrogen-bond donors (Lipinski definition) is 0. The summed E-state index contributed by atoms with van der Waals surface area (Å²) in [5.74, 6) is 0. The van der Waals surface area contributed by atoms with Crippen molar-refractivity contribution >= 4 is 43.2 Å². The summed E-state index contributed by atoms with van der Waals surface area (Å²) < 4.78 is 4.20. The topological polar surface area (TPSA) is 38.1 Å². The first-order chi connectivity index (χ1) is 12.8. The van der Waals surface area contributed by atoms with Crippen LogP contribution in [0.3, 0.4) is 0 Å². The van der Waals surface area contributed by atoms with Crippen molar-refractivity contribution in [2.45, 2.75) is 32.0 Å². The van der Waals surface area contributed by atoms with E-state index in [0.717, 1.165) is 28.6 Å². The van der Waals surface area contributed by atoms with Gasteiger partial charge in [-0.1, -0.05) is 42.2 Å². The van der Waals surface area contributed by atoms with Crippen LogP contribution in [0.4, 0.5) is 0 Å². The fourth-order valence-corrected chi connectivity index (χ4v) is 5.90. The summed E-state index contributed by atoms with van der Waals surface area (Å²) in [6.07, 6.45) is 3.51. The Morgan fingerprint density at radius 1 is 1.04 bits per heavy atom. The molecular weight excluding hydrogens is 362 g/mol. The molecular formula is C20H19N3OS2. The predicted octanol–water partition coefficient (Wildman–Crippen LogP) is 4.86. The second-order valence-corrected chi connectivity index (χ2v) is 8.88. The lowest BCUT2D eigenvalue weighted by molar-refractivity contribution is 0.114. The maximum Gasteiger partial charge on any atom is 0.269 e. The van der Waals surface area contributed by atoms with Crippen LogP contribution in [0.5, 0.6) is 0 Å². The van der Waals surface area contributed by atoms with Gasteiger partial charge in [-0.05, 0) is 37.1 Å². The van der Waals surface area contributed by atoms with E-state index in [4.69, 9.17) is 4.98 Å². The summed E-state index contributed by atoms with van der Waals surface area (Å²) in [5, 5.41) is 2.01. The van der Waals surface area contributed by atoms with Crippen LogP contribution in [-0.2, 0) is 6.67 Å². The zero-order valence-electron chi connectivity index (χ0n) is 14.3. The maximum atomic E-state index is 12.7. The fraction of sp³-hybridized carbons (Fsp3) is 0.300. The zero-order chi connectivity index (χ0) is 17.5. The van der Waals surface area contributed by atoms with Crippen molar-refractivity contribution in [3.05, 3.63) is 63.9 Å². The molecule has 2 aromatic heterocycles. The van der Waals surface area contributed by atoms with Crippen LogP contribution in [0.1, 0.15) is 30.3 Å². The largest absolute Gasteiger partial charge is 0.275 e. The maximum absolute atomic E-state index is 12.7. The minimum atomic E-state index is 0.124. The lowest BCUT2D eigenvalue weighted by Crippen LogP contribution is -2.36. The standard InChI is InChI=1S/C20H19N3OS2/c24-20-14-7-1-3-10-17(14)26-23(20)13-22-12-6-5-9-16(22)19-21-15-8-2-4-11-18(15)25-19/h1-4,7-8,10-11,16H,5-6,9,12-13H2/t16-/m1/s1. The Kier molecular flexibility index (Phi) is 4.11. The first-order valence-corrected chi connectivity index (χ1v) is 10.6. The quantitative estimate of drug-likeness (QED) is 0.509. The molecule has 6 heteroatoms. The van der Waals surface area contributed by atoms with Crippen LogP contribution >= 0.6 is 22.9 Å². The Hall–Kier alpha value is -2.02. The van der Waals surface area contributed by atoms with E-state index in [1.165, 1.54) is 22.5 Å². The number of hydrogen-bond acceptors (Lipinski definition) is 5. The Bertz CT molecular complexity index is 1090. The van der Waals surface area contributed by atoms with Gasteiger partial charge in [0.15, 0.2) is 0 Å². The highest BCUT2D eigenvalue weighted by Crippen LogP contribution is 2.36. The third-order valence-corrected chi connectivity index (χ3v) is 7.26. The van der Waals surface area contributed by atoms with Crippen molar-refractivity contribution in [3.8, 4) is 0 Å². The molecule has 0 amide bonds.